The number of aliphatic imine (C=N–C) groups is 1. The second kappa shape index (κ2) is 11.9. The number of hydrogen-bond acceptors (Lipinski definition) is 6. The van der Waals surface area contributed by atoms with Crippen molar-refractivity contribution in [3.05, 3.63) is 35.2 Å². The van der Waals surface area contributed by atoms with Crippen LogP contribution in [0.4, 0.5) is 0 Å². The van der Waals surface area contributed by atoms with E-state index < -0.39 is 0 Å². The molecule has 8 nitrogen and oxygen atoms in total. The van der Waals surface area contributed by atoms with Crippen LogP contribution in [0.15, 0.2) is 33.8 Å². The summed E-state index contributed by atoms with van der Waals surface area (Å²) in [5.74, 6) is 1.88. The van der Waals surface area contributed by atoms with Crippen LogP contribution >= 0.6 is 11.6 Å². The lowest BCUT2D eigenvalue weighted by Crippen LogP contribution is -2.47. The van der Waals surface area contributed by atoms with Crippen LogP contribution in [-0.4, -0.2) is 67.1 Å². The summed E-state index contributed by atoms with van der Waals surface area (Å²) in [5.41, 5.74) is 0.859. The van der Waals surface area contributed by atoms with Crippen molar-refractivity contribution in [3.8, 4) is 11.4 Å². The lowest BCUT2D eigenvalue weighted by molar-refractivity contribution is 0.00989. The number of nitrogens with zero attached hydrogens (tertiary/aromatic N) is 4. The molecule has 2 aromatic rings. The Morgan fingerprint density at radius 3 is 2.73 bits per heavy atom. The van der Waals surface area contributed by atoms with Crippen LogP contribution in [0.1, 0.15) is 32.1 Å². The van der Waals surface area contributed by atoms with Crippen LogP contribution in [-0.2, 0) is 16.0 Å². The molecule has 1 aromatic carbocycles. The van der Waals surface area contributed by atoms with Crippen molar-refractivity contribution < 1.29 is 14.0 Å². The van der Waals surface area contributed by atoms with Gasteiger partial charge in [-0.15, -0.1) is 0 Å². The smallest absolute Gasteiger partial charge is 0.248 e. The second-order valence-electron chi connectivity index (χ2n) is 7.09. The van der Waals surface area contributed by atoms with Gasteiger partial charge in [-0.1, -0.05) is 16.8 Å². The largest absolute Gasteiger partial charge is 0.385 e. The minimum atomic E-state index is 0.304. The third-order valence-corrected chi connectivity index (χ3v) is 5.11. The van der Waals surface area contributed by atoms with Gasteiger partial charge in [0.15, 0.2) is 5.96 Å². The Kier molecular flexibility index (Phi) is 8.92. The van der Waals surface area contributed by atoms with E-state index >= 15 is 0 Å². The van der Waals surface area contributed by atoms with E-state index in [4.69, 9.17) is 30.6 Å². The molecule has 0 amide bonds. The van der Waals surface area contributed by atoms with E-state index in [-0.39, 0.29) is 0 Å². The van der Waals surface area contributed by atoms with Gasteiger partial charge in [0.1, 0.15) is 6.54 Å². The molecule has 0 unspecified atom stereocenters. The van der Waals surface area contributed by atoms with E-state index in [0.29, 0.717) is 29.4 Å². The summed E-state index contributed by atoms with van der Waals surface area (Å²) in [6.07, 6.45) is 3.21. The molecule has 3 rings (SSSR count). The molecule has 1 saturated heterocycles. The normalized spacial score (nSPS) is 15.6. The number of ether oxygens (including phenoxy) is 2. The Bertz CT molecular complexity index is 788. The highest BCUT2D eigenvalue weighted by Gasteiger charge is 2.22. The predicted octanol–water partition coefficient (Wildman–Crippen LogP) is 3.37. The molecule has 0 saturated carbocycles. The fourth-order valence-corrected chi connectivity index (χ4v) is 3.42. The van der Waals surface area contributed by atoms with Crippen LogP contribution < -0.4 is 5.32 Å². The molecule has 0 spiro atoms. The Labute approximate surface area is 182 Å². The van der Waals surface area contributed by atoms with E-state index in [9.17, 15) is 0 Å². The van der Waals surface area contributed by atoms with Crippen LogP contribution in [0.5, 0.6) is 0 Å². The zero-order chi connectivity index (χ0) is 21.2. The first kappa shape index (κ1) is 22.5. The number of aromatic nitrogens is 2. The molecule has 9 heteroatoms. The molecule has 1 fully saturated rings. The topological polar surface area (TPSA) is 85.0 Å². The van der Waals surface area contributed by atoms with Gasteiger partial charge in [0.2, 0.25) is 11.7 Å². The lowest BCUT2D eigenvalue weighted by Gasteiger charge is -2.34. The summed E-state index contributed by atoms with van der Waals surface area (Å²) < 4.78 is 16.4. The van der Waals surface area contributed by atoms with Crippen LogP contribution in [0.25, 0.3) is 11.4 Å². The van der Waals surface area contributed by atoms with Crippen LogP contribution in [0.2, 0.25) is 5.02 Å². The number of rotatable bonds is 9. The molecule has 2 heterocycles. The first-order chi connectivity index (χ1) is 14.7. The van der Waals surface area contributed by atoms with Gasteiger partial charge in [-0.2, -0.15) is 4.98 Å². The minimum absolute atomic E-state index is 0.304. The summed E-state index contributed by atoms with van der Waals surface area (Å²) in [7, 11) is 1.72. The van der Waals surface area contributed by atoms with Gasteiger partial charge in [0.25, 0.3) is 0 Å². The Hall–Kier alpha value is -2.16. The SMILES string of the molecule is CCNC(=NCc1nc(-c2ccc(Cl)cc2)no1)N1CCC(OCCCOC)CC1. The first-order valence-corrected chi connectivity index (χ1v) is 10.8. The third-order valence-electron chi connectivity index (χ3n) is 4.86. The molecule has 1 N–H and O–H groups in total. The number of likely N-dealkylation sites (tertiary alicyclic amines) is 1. The maximum absolute atomic E-state index is 5.95. The molecule has 0 radical (unpaired) electrons. The van der Waals surface area contributed by atoms with Crippen molar-refractivity contribution in [3.63, 3.8) is 0 Å². The highest BCUT2D eigenvalue weighted by Crippen LogP contribution is 2.19. The summed E-state index contributed by atoms with van der Waals surface area (Å²) in [6, 6.07) is 7.34. The summed E-state index contributed by atoms with van der Waals surface area (Å²) in [6.45, 7) is 6.49. The molecular weight excluding hydrogens is 406 g/mol. The number of nitrogens with one attached hydrogen (secondary N) is 1. The fourth-order valence-electron chi connectivity index (χ4n) is 3.29. The third kappa shape index (κ3) is 6.68. The van der Waals surface area contributed by atoms with Gasteiger partial charge in [0.05, 0.1) is 6.10 Å². The average Bonchev–Trinajstić information content (AvgIpc) is 3.24. The van der Waals surface area contributed by atoms with E-state index in [1.807, 2.05) is 12.1 Å². The van der Waals surface area contributed by atoms with E-state index in [1.54, 1.807) is 19.2 Å². The van der Waals surface area contributed by atoms with Gasteiger partial charge in [-0.25, -0.2) is 4.99 Å². The quantitative estimate of drug-likeness (QED) is 0.367. The molecule has 1 aliphatic rings. The number of methoxy groups -OCH3 is 1. The average molecular weight is 436 g/mol. The number of piperidine rings is 1. The summed E-state index contributed by atoms with van der Waals surface area (Å²) >= 11 is 5.93. The van der Waals surface area contributed by atoms with Crippen molar-refractivity contribution in [2.24, 2.45) is 4.99 Å². The first-order valence-electron chi connectivity index (χ1n) is 10.4. The van der Waals surface area contributed by atoms with E-state index in [2.05, 4.69) is 27.3 Å². The molecule has 0 atom stereocenters. The zero-order valence-electron chi connectivity index (χ0n) is 17.6. The number of halogens is 1. The molecule has 164 valence electrons. The van der Waals surface area contributed by atoms with Crippen molar-refractivity contribution >= 4 is 17.6 Å². The Morgan fingerprint density at radius 2 is 2.03 bits per heavy atom. The summed E-state index contributed by atoms with van der Waals surface area (Å²) in [5, 5.41) is 8.08. The molecule has 0 bridgehead atoms. The van der Waals surface area contributed by atoms with Crippen molar-refractivity contribution in [2.75, 3.05) is 40.0 Å². The standard InChI is InChI=1S/C21H30ClN5O3/c1-3-23-21(27-11-9-18(10-12-27)29-14-4-13-28-2)24-15-19-25-20(26-30-19)16-5-7-17(22)8-6-16/h5-8,18H,3-4,9-15H2,1-2H3,(H,23,24). The second-order valence-corrected chi connectivity index (χ2v) is 7.53. The maximum atomic E-state index is 5.95. The molecule has 30 heavy (non-hydrogen) atoms. The van der Waals surface area contributed by atoms with Gasteiger partial charge in [0, 0.05) is 50.5 Å². The molecule has 0 aliphatic carbocycles. The van der Waals surface area contributed by atoms with E-state index in [0.717, 1.165) is 63.6 Å². The molecule has 1 aromatic heterocycles. The Balaban J connectivity index is 1.53. The highest BCUT2D eigenvalue weighted by molar-refractivity contribution is 6.30. The number of guanidine groups is 1. The zero-order valence-corrected chi connectivity index (χ0v) is 18.4. The van der Waals surface area contributed by atoms with Crippen molar-refractivity contribution in [1.82, 2.24) is 20.4 Å². The van der Waals surface area contributed by atoms with Gasteiger partial charge in [-0.05, 0) is 50.5 Å². The van der Waals surface area contributed by atoms with Crippen molar-refractivity contribution in [1.29, 1.82) is 0 Å². The van der Waals surface area contributed by atoms with Crippen LogP contribution in [0, 0.1) is 0 Å². The minimum Gasteiger partial charge on any atom is -0.385 e. The number of hydrogen-bond donors (Lipinski definition) is 1. The Morgan fingerprint density at radius 1 is 1.27 bits per heavy atom. The molecular formula is C21H30ClN5O3. The van der Waals surface area contributed by atoms with E-state index in [1.165, 1.54) is 0 Å². The highest BCUT2D eigenvalue weighted by atomic mass is 35.5. The lowest BCUT2D eigenvalue weighted by atomic mass is 10.1. The molecule has 1 aliphatic heterocycles. The maximum Gasteiger partial charge on any atom is 0.248 e. The van der Waals surface area contributed by atoms with Crippen LogP contribution in [0.3, 0.4) is 0 Å². The summed E-state index contributed by atoms with van der Waals surface area (Å²) in [4.78, 5) is 11.4. The predicted molar refractivity (Wildman–Crippen MR) is 117 cm³/mol. The monoisotopic (exact) mass is 435 g/mol. The van der Waals surface area contributed by atoms with Crippen molar-refractivity contribution in [2.45, 2.75) is 38.8 Å². The van der Waals surface area contributed by atoms with Gasteiger partial charge >= 0.3 is 0 Å². The number of benzene rings is 1. The fraction of sp³-hybridized carbons (Fsp3) is 0.571. The van der Waals surface area contributed by atoms with Gasteiger partial charge < -0.3 is 24.2 Å². The van der Waals surface area contributed by atoms with Gasteiger partial charge in [-0.3, -0.25) is 0 Å².